The average Bonchev–Trinajstić information content (AvgIpc) is 3.37. The second-order valence-electron chi connectivity index (χ2n) is 8.87. The van der Waals surface area contributed by atoms with Crippen LogP contribution in [0.4, 0.5) is 0 Å². The number of aromatic nitrogens is 4. The largest absolute Gasteiger partial charge is 0.371 e. The number of benzene rings is 1. The van der Waals surface area contributed by atoms with Gasteiger partial charge in [-0.05, 0) is 47.7 Å². The third-order valence-corrected chi connectivity index (χ3v) is 6.19. The summed E-state index contributed by atoms with van der Waals surface area (Å²) in [5, 5.41) is 5.53. The van der Waals surface area contributed by atoms with Gasteiger partial charge in [-0.1, -0.05) is 19.9 Å². The van der Waals surface area contributed by atoms with Crippen molar-refractivity contribution >= 4 is 22.5 Å². The molecular weight excluding hydrogens is 404 g/mol. The Kier molecular flexibility index (Phi) is 5.19. The molecule has 1 aromatic carbocycles. The van der Waals surface area contributed by atoms with E-state index in [2.05, 4.69) is 65.0 Å². The van der Waals surface area contributed by atoms with Gasteiger partial charge in [-0.2, -0.15) is 5.10 Å². The molecule has 1 unspecified atom stereocenters. The summed E-state index contributed by atoms with van der Waals surface area (Å²) in [7, 11) is 0. The van der Waals surface area contributed by atoms with Gasteiger partial charge in [-0.15, -0.1) is 0 Å². The molecule has 4 heterocycles. The minimum atomic E-state index is -0.307. The number of nitrogens with two attached hydrogens (primary N) is 1. The highest BCUT2D eigenvalue weighted by Crippen LogP contribution is 2.37. The van der Waals surface area contributed by atoms with E-state index in [0.717, 1.165) is 40.1 Å². The molecule has 8 nitrogen and oxygen atoms in total. The molecule has 1 saturated heterocycles. The Morgan fingerprint density at radius 2 is 2.19 bits per heavy atom. The highest BCUT2D eigenvalue weighted by atomic mass is 16.5. The van der Waals surface area contributed by atoms with Crippen LogP contribution in [0, 0.1) is 6.92 Å². The van der Waals surface area contributed by atoms with E-state index in [-0.39, 0.29) is 18.6 Å². The number of carbonyl (C=O) groups excluding carboxylic acids is 1. The summed E-state index contributed by atoms with van der Waals surface area (Å²) < 4.78 is 7.88. The zero-order valence-electron chi connectivity index (χ0n) is 18.6. The van der Waals surface area contributed by atoms with Crippen molar-refractivity contribution in [2.24, 2.45) is 5.73 Å². The van der Waals surface area contributed by atoms with E-state index in [1.165, 1.54) is 10.9 Å². The van der Waals surface area contributed by atoms with Crippen LogP contribution < -0.4 is 5.73 Å². The molecule has 1 fully saturated rings. The molecule has 1 aliphatic rings. The molecule has 1 amide bonds. The fraction of sp³-hybridized carbons (Fsp3) is 0.375. The van der Waals surface area contributed by atoms with Gasteiger partial charge in [-0.3, -0.25) is 9.69 Å². The summed E-state index contributed by atoms with van der Waals surface area (Å²) in [5.74, 6) is 0.0116. The van der Waals surface area contributed by atoms with Crippen molar-refractivity contribution in [1.29, 1.82) is 0 Å². The Bertz CT molecular complexity index is 1300. The lowest BCUT2D eigenvalue weighted by molar-refractivity contribution is -0.121. The van der Waals surface area contributed by atoms with Crippen LogP contribution in [-0.4, -0.2) is 56.6 Å². The van der Waals surface area contributed by atoms with E-state index in [4.69, 9.17) is 10.5 Å². The number of H-pyrrole nitrogens is 1. The van der Waals surface area contributed by atoms with Crippen LogP contribution >= 0.6 is 0 Å². The fourth-order valence-electron chi connectivity index (χ4n) is 4.76. The molecule has 0 aliphatic carbocycles. The van der Waals surface area contributed by atoms with Gasteiger partial charge >= 0.3 is 0 Å². The number of pyridine rings is 1. The molecule has 32 heavy (non-hydrogen) atoms. The highest BCUT2D eigenvalue weighted by molar-refractivity contribution is 5.92. The van der Waals surface area contributed by atoms with E-state index in [0.29, 0.717) is 19.1 Å². The van der Waals surface area contributed by atoms with Crippen LogP contribution in [0.1, 0.15) is 42.6 Å². The zero-order chi connectivity index (χ0) is 22.4. The maximum atomic E-state index is 11.4. The molecule has 0 bridgehead atoms. The maximum absolute atomic E-state index is 11.4. The van der Waals surface area contributed by atoms with Crippen molar-refractivity contribution in [2.45, 2.75) is 32.8 Å². The SMILES string of the molecule is Cc1cc(-c2[nH]c3ccc(C4CN(CC(N)=O)CCO4)cc3c2C(C)C)cn2ncnc12. The minimum Gasteiger partial charge on any atom is -0.371 e. The van der Waals surface area contributed by atoms with Crippen LogP contribution in [0.2, 0.25) is 0 Å². The van der Waals surface area contributed by atoms with Gasteiger partial charge < -0.3 is 15.5 Å². The summed E-state index contributed by atoms with van der Waals surface area (Å²) in [6, 6.07) is 8.62. The lowest BCUT2D eigenvalue weighted by Crippen LogP contribution is -2.42. The van der Waals surface area contributed by atoms with Crippen molar-refractivity contribution in [3.05, 3.63) is 53.5 Å². The van der Waals surface area contributed by atoms with Crippen LogP contribution in [0.15, 0.2) is 36.8 Å². The van der Waals surface area contributed by atoms with Gasteiger partial charge in [0.1, 0.15) is 6.33 Å². The zero-order valence-corrected chi connectivity index (χ0v) is 18.6. The van der Waals surface area contributed by atoms with E-state index in [9.17, 15) is 4.79 Å². The molecule has 0 spiro atoms. The Labute approximate surface area is 186 Å². The summed E-state index contributed by atoms with van der Waals surface area (Å²) >= 11 is 0. The number of carbonyl (C=O) groups is 1. The number of aromatic amines is 1. The molecule has 0 saturated carbocycles. The molecule has 3 aromatic heterocycles. The first-order chi connectivity index (χ1) is 15.4. The molecule has 8 heteroatoms. The van der Waals surface area contributed by atoms with Gasteiger partial charge in [0.2, 0.25) is 5.91 Å². The lowest BCUT2D eigenvalue weighted by atomic mass is 9.94. The summed E-state index contributed by atoms with van der Waals surface area (Å²) in [5.41, 5.74) is 13.0. The Morgan fingerprint density at radius 1 is 1.34 bits per heavy atom. The Morgan fingerprint density at radius 3 is 2.97 bits per heavy atom. The third kappa shape index (κ3) is 3.65. The number of aryl methyl sites for hydroxylation is 1. The summed E-state index contributed by atoms with van der Waals surface area (Å²) in [6.07, 6.45) is 3.52. The molecular formula is C24H28N6O2. The molecule has 1 aliphatic heterocycles. The Balaban J connectivity index is 1.57. The predicted molar refractivity (Wildman–Crippen MR) is 123 cm³/mol. The molecule has 0 radical (unpaired) electrons. The van der Waals surface area contributed by atoms with Crippen molar-refractivity contribution in [3.63, 3.8) is 0 Å². The number of ether oxygens (including phenoxy) is 1. The lowest BCUT2D eigenvalue weighted by Gasteiger charge is -2.32. The third-order valence-electron chi connectivity index (χ3n) is 6.19. The topological polar surface area (TPSA) is 102 Å². The van der Waals surface area contributed by atoms with Crippen LogP contribution in [0.5, 0.6) is 0 Å². The van der Waals surface area contributed by atoms with Crippen LogP contribution in [-0.2, 0) is 9.53 Å². The monoisotopic (exact) mass is 432 g/mol. The standard InChI is InChI=1S/C24H28N6O2/c1-14(2)22-18-9-16(20-11-29(6-7-32-20)12-21(25)31)4-5-19(18)28-23(22)17-8-15(3)24-26-13-27-30(24)10-17/h4-5,8-10,13-14,20,28H,6-7,11-12H2,1-3H3,(H2,25,31). The number of morpholine rings is 1. The van der Waals surface area contributed by atoms with Gasteiger partial charge in [0.25, 0.3) is 0 Å². The number of fused-ring (bicyclic) bond motifs is 2. The number of nitrogens with zero attached hydrogens (tertiary/aromatic N) is 4. The van der Waals surface area contributed by atoms with E-state index in [1.54, 1.807) is 6.33 Å². The van der Waals surface area contributed by atoms with E-state index < -0.39 is 0 Å². The number of rotatable bonds is 5. The first-order valence-corrected chi connectivity index (χ1v) is 11.0. The second-order valence-corrected chi connectivity index (χ2v) is 8.87. The molecule has 166 valence electrons. The van der Waals surface area contributed by atoms with Crippen LogP contribution in [0.3, 0.4) is 0 Å². The van der Waals surface area contributed by atoms with Gasteiger partial charge in [0.05, 0.1) is 24.9 Å². The number of nitrogens with one attached hydrogen (secondary N) is 1. The predicted octanol–water partition coefficient (Wildman–Crippen LogP) is 3.17. The smallest absolute Gasteiger partial charge is 0.231 e. The van der Waals surface area contributed by atoms with E-state index in [1.807, 2.05) is 10.7 Å². The van der Waals surface area contributed by atoms with E-state index >= 15 is 0 Å². The quantitative estimate of drug-likeness (QED) is 0.504. The maximum Gasteiger partial charge on any atom is 0.231 e. The number of primary amides is 1. The van der Waals surface area contributed by atoms with Crippen molar-refractivity contribution in [1.82, 2.24) is 24.5 Å². The summed E-state index contributed by atoms with van der Waals surface area (Å²) in [4.78, 5) is 21.4. The minimum absolute atomic E-state index is 0.0837. The van der Waals surface area contributed by atoms with Crippen molar-refractivity contribution < 1.29 is 9.53 Å². The summed E-state index contributed by atoms with van der Waals surface area (Å²) in [6.45, 7) is 8.71. The normalized spacial score (nSPS) is 17.6. The Hall–Kier alpha value is -3.23. The molecule has 4 aromatic rings. The number of amides is 1. The van der Waals surface area contributed by atoms with Gasteiger partial charge in [0, 0.05) is 35.8 Å². The van der Waals surface area contributed by atoms with Gasteiger partial charge in [-0.25, -0.2) is 9.50 Å². The number of hydrogen-bond donors (Lipinski definition) is 2. The molecule has 1 atom stereocenters. The van der Waals surface area contributed by atoms with Gasteiger partial charge in [0.15, 0.2) is 5.65 Å². The molecule has 5 rings (SSSR count). The van der Waals surface area contributed by atoms with Crippen molar-refractivity contribution in [2.75, 3.05) is 26.2 Å². The van der Waals surface area contributed by atoms with Crippen molar-refractivity contribution in [3.8, 4) is 11.3 Å². The molecule has 3 N–H and O–H groups in total. The first-order valence-electron chi connectivity index (χ1n) is 11.0. The average molecular weight is 433 g/mol. The first kappa shape index (κ1) is 20.7. The number of hydrogen-bond acceptors (Lipinski definition) is 5. The fourth-order valence-corrected chi connectivity index (χ4v) is 4.76. The highest BCUT2D eigenvalue weighted by Gasteiger charge is 2.24. The van der Waals surface area contributed by atoms with Crippen LogP contribution in [0.25, 0.3) is 27.8 Å². The second kappa shape index (κ2) is 8.03.